The first-order chi connectivity index (χ1) is 13.1. The number of alkyl halides is 2. The Hall–Kier alpha value is -1.32. The summed E-state index contributed by atoms with van der Waals surface area (Å²) in [5.41, 5.74) is -1.59. The molecular formula is C16H17F3I2N2O5. The fourth-order valence-electron chi connectivity index (χ4n) is 2.34. The van der Waals surface area contributed by atoms with Gasteiger partial charge in [0.2, 0.25) is 0 Å². The molecular weight excluding hydrogens is 611 g/mol. The fraction of sp³-hybridized carbons (Fsp3) is 0.438. The average Bonchev–Trinajstić information content (AvgIpc) is 2.61. The monoisotopic (exact) mass is 628 g/mol. The lowest BCUT2D eigenvalue weighted by molar-refractivity contribution is -0.140. The second-order valence-corrected chi connectivity index (χ2v) is 7.70. The molecule has 0 unspecified atom stereocenters. The van der Waals surface area contributed by atoms with Crippen LogP contribution in [0.5, 0.6) is 0 Å². The van der Waals surface area contributed by atoms with E-state index in [1.54, 1.807) is 0 Å². The van der Waals surface area contributed by atoms with Crippen LogP contribution in [0.1, 0.15) is 23.2 Å². The molecule has 0 bridgehead atoms. The lowest BCUT2D eigenvalue weighted by Crippen LogP contribution is -2.41. The number of benzene rings is 1. The number of aliphatic carboxylic acids is 2. The summed E-state index contributed by atoms with van der Waals surface area (Å²) >= 11 is 4.01. The van der Waals surface area contributed by atoms with Gasteiger partial charge in [-0.1, -0.05) is 45.2 Å². The third-order valence-electron chi connectivity index (χ3n) is 3.65. The molecule has 0 saturated heterocycles. The number of hydrogen-bond donors (Lipinski definition) is 3. The maximum atomic E-state index is 14.5. The number of nitrogens with one attached hydrogen (secondary N) is 1. The third kappa shape index (κ3) is 6.63. The Morgan fingerprint density at radius 1 is 1.07 bits per heavy atom. The van der Waals surface area contributed by atoms with E-state index in [1.165, 1.54) is 4.90 Å². The number of carbonyl (C=O) groups excluding carboxylic acids is 1. The normalized spacial score (nSPS) is 11.8. The number of nitrogens with zero attached hydrogens (tertiary/aromatic N) is 1. The summed E-state index contributed by atoms with van der Waals surface area (Å²) < 4.78 is 44.4. The van der Waals surface area contributed by atoms with Crippen molar-refractivity contribution in [1.29, 1.82) is 0 Å². The molecule has 1 aromatic carbocycles. The first-order valence-electron chi connectivity index (χ1n) is 7.93. The van der Waals surface area contributed by atoms with E-state index in [2.05, 4.69) is 0 Å². The molecule has 7 nitrogen and oxygen atoms in total. The van der Waals surface area contributed by atoms with Crippen molar-refractivity contribution in [2.75, 3.05) is 26.8 Å². The summed E-state index contributed by atoms with van der Waals surface area (Å²) in [6.07, 6.45) is -1.04. The number of amides is 1. The van der Waals surface area contributed by atoms with Crippen LogP contribution in [0, 0.1) is 17.5 Å². The van der Waals surface area contributed by atoms with Crippen LogP contribution in [0.25, 0.3) is 0 Å². The summed E-state index contributed by atoms with van der Waals surface area (Å²) in [5.74, 6) is -8.51. The summed E-state index contributed by atoms with van der Waals surface area (Å²) in [5, 5.41) is 19.5. The van der Waals surface area contributed by atoms with Gasteiger partial charge in [0.1, 0.15) is 11.7 Å². The van der Waals surface area contributed by atoms with Gasteiger partial charge in [-0.3, -0.25) is 9.59 Å². The van der Waals surface area contributed by atoms with E-state index in [9.17, 15) is 27.6 Å². The zero-order chi connectivity index (χ0) is 21.4. The van der Waals surface area contributed by atoms with Crippen LogP contribution < -0.4 is 10.2 Å². The van der Waals surface area contributed by atoms with Crippen molar-refractivity contribution in [3.05, 3.63) is 29.1 Å². The van der Waals surface area contributed by atoms with Gasteiger partial charge in [0, 0.05) is 28.4 Å². The minimum absolute atomic E-state index is 0.263. The molecule has 1 aromatic rings. The lowest BCUT2D eigenvalue weighted by atomic mass is 10.1. The first-order valence-corrected chi connectivity index (χ1v) is 11.0. The van der Waals surface area contributed by atoms with Crippen molar-refractivity contribution in [1.82, 2.24) is 5.32 Å². The number of halogens is 5. The zero-order valence-corrected chi connectivity index (χ0v) is 18.7. The number of anilines is 1. The topological polar surface area (TPSA) is 107 Å². The highest BCUT2D eigenvalue weighted by atomic mass is 127. The van der Waals surface area contributed by atoms with Gasteiger partial charge in [0.15, 0.2) is 17.5 Å². The number of carbonyl (C=O) groups is 3. The molecule has 156 valence electrons. The third-order valence-corrected chi connectivity index (χ3v) is 4.62. The smallest absolute Gasteiger partial charge is 0.326 e. The predicted octanol–water partition coefficient (Wildman–Crippen LogP) is 2.83. The minimum Gasteiger partial charge on any atom is -0.481 e. The van der Waals surface area contributed by atoms with Crippen LogP contribution in [0.2, 0.25) is 0 Å². The Kier molecular flexibility index (Phi) is 10.3. The molecule has 1 atom stereocenters. The van der Waals surface area contributed by atoms with Crippen molar-refractivity contribution >= 4 is 68.7 Å². The van der Waals surface area contributed by atoms with Crippen molar-refractivity contribution in [2.24, 2.45) is 0 Å². The Balaban J connectivity index is 3.19. The fourth-order valence-corrected chi connectivity index (χ4v) is 3.51. The van der Waals surface area contributed by atoms with Gasteiger partial charge in [-0.25, -0.2) is 18.0 Å². The molecule has 1 rings (SSSR count). The largest absolute Gasteiger partial charge is 0.481 e. The maximum Gasteiger partial charge on any atom is 0.326 e. The van der Waals surface area contributed by atoms with Gasteiger partial charge in [-0.05, 0) is 12.5 Å². The van der Waals surface area contributed by atoms with Gasteiger partial charge < -0.3 is 20.4 Å². The molecule has 0 aliphatic heterocycles. The second-order valence-electron chi connectivity index (χ2n) is 5.54. The van der Waals surface area contributed by atoms with Crippen molar-refractivity contribution in [3.63, 3.8) is 0 Å². The van der Waals surface area contributed by atoms with Gasteiger partial charge in [0.05, 0.1) is 5.56 Å². The van der Waals surface area contributed by atoms with Crippen LogP contribution >= 0.6 is 45.2 Å². The molecule has 1 amide bonds. The van der Waals surface area contributed by atoms with Crippen LogP contribution in [0.4, 0.5) is 18.9 Å². The molecule has 3 N–H and O–H groups in total. The number of hydrogen-bond acceptors (Lipinski definition) is 4. The van der Waals surface area contributed by atoms with Crippen LogP contribution in [0.15, 0.2) is 6.07 Å². The molecule has 0 fully saturated rings. The lowest BCUT2D eigenvalue weighted by Gasteiger charge is -2.25. The van der Waals surface area contributed by atoms with E-state index < -0.39 is 65.4 Å². The Labute approximate surface area is 185 Å². The molecule has 28 heavy (non-hydrogen) atoms. The van der Waals surface area contributed by atoms with Crippen molar-refractivity contribution in [3.8, 4) is 0 Å². The highest BCUT2D eigenvalue weighted by Crippen LogP contribution is 2.28. The molecule has 0 spiro atoms. The summed E-state index contributed by atoms with van der Waals surface area (Å²) in [6, 6.07) is -1.14. The average molecular weight is 628 g/mol. The number of rotatable bonds is 11. The molecule has 0 aliphatic rings. The minimum atomic E-state index is -1.65. The Morgan fingerprint density at radius 2 is 1.64 bits per heavy atom. The first kappa shape index (κ1) is 24.7. The number of carboxylic acids is 2. The van der Waals surface area contributed by atoms with E-state index in [4.69, 9.17) is 10.2 Å². The molecule has 0 heterocycles. The standard InChI is InChI=1S/C16H17F3I2N2O5/c17-9-7-8(15(26)22-10(16(27)28)1-2-11(24)25)12(18)13(19)14(9)23(5-3-20)6-4-21/h7,10H,1-6H2,(H,22,26)(H,24,25)(H,27,28)/t10-/m0/s1. The molecule has 12 heteroatoms. The van der Waals surface area contributed by atoms with E-state index in [-0.39, 0.29) is 13.1 Å². The maximum absolute atomic E-state index is 14.5. The second kappa shape index (κ2) is 11.6. The van der Waals surface area contributed by atoms with Crippen molar-refractivity contribution < 1.29 is 37.8 Å². The predicted molar refractivity (Wildman–Crippen MR) is 112 cm³/mol. The van der Waals surface area contributed by atoms with E-state index in [0.29, 0.717) is 14.9 Å². The van der Waals surface area contributed by atoms with Gasteiger partial charge in [-0.15, -0.1) is 0 Å². The quantitative estimate of drug-likeness (QED) is 0.198. The van der Waals surface area contributed by atoms with Crippen molar-refractivity contribution in [2.45, 2.75) is 18.9 Å². The number of carboxylic acid groups (broad SMARTS) is 2. The highest BCUT2D eigenvalue weighted by Gasteiger charge is 2.28. The zero-order valence-electron chi connectivity index (χ0n) is 14.4. The molecule has 0 aromatic heterocycles. The molecule has 0 radical (unpaired) electrons. The highest BCUT2D eigenvalue weighted by molar-refractivity contribution is 14.1. The van der Waals surface area contributed by atoms with Crippen LogP contribution in [0.3, 0.4) is 0 Å². The molecule has 0 saturated carbocycles. The summed E-state index contributed by atoms with van der Waals surface area (Å²) in [4.78, 5) is 35.2. The van der Waals surface area contributed by atoms with Crippen LogP contribution in [-0.4, -0.2) is 56.0 Å². The molecule has 0 aliphatic carbocycles. The van der Waals surface area contributed by atoms with E-state index in [1.807, 2.05) is 50.5 Å². The Morgan fingerprint density at radius 3 is 2.11 bits per heavy atom. The summed E-state index contributed by atoms with van der Waals surface area (Å²) in [6.45, 7) is 0.525. The van der Waals surface area contributed by atoms with E-state index >= 15 is 0 Å². The van der Waals surface area contributed by atoms with E-state index in [0.717, 1.165) is 0 Å². The Bertz CT molecular complexity index is 745. The van der Waals surface area contributed by atoms with Gasteiger partial charge >= 0.3 is 11.9 Å². The SMILES string of the molecule is O=C(O)CC[C@H](NC(=O)c1cc(F)c(N(CCI)CCI)c(F)c1F)C(=O)O. The van der Waals surface area contributed by atoms with Gasteiger partial charge in [-0.2, -0.15) is 0 Å². The van der Waals surface area contributed by atoms with Gasteiger partial charge in [0.25, 0.3) is 5.91 Å². The van der Waals surface area contributed by atoms with Crippen LogP contribution in [-0.2, 0) is 9.59 Å². The summed E-state index contributed by atoms with van der Waals surface area (Å²) in [7, 11) is 0.